The molecule has 0 bridgehead atoms. The Morgan fingerprint density at radius 1 is 1.16 bits per heavy atom. The standard InChI is InChI=1S/C14H14N2O3/c17-12-1-2-13(18)11(7-12)8-14(19)16-9-10-3-5-15-6-4-10/h1-7,17-18H,8-9H2,(H,16,19). The largest absolute Gasteiger partial charge is 0.508 e. The molecule has 0 saturated carbocycles. The normalized spacial score (nSPS) is 10.1. The van der Waals surface area contributed by atoms with Crippen LogP contribution >= 0.6 is 0 Å². The van der Waals surface area contributed by atoms with Crippen LogP contribution in [-0.2, 0) is 17.8 Å². The molecule has 1 aromatic heterocycles. The zero-order chi connectivity index (χ0) is 13.7. The number of nitrogens with one attached hydrogen (secondary N) is 1. The van der Waals surface area contributed by atoms with Crippen molar-refractivity contribution in [3.63, 3.8) is 0 Å². The molecule has 0 aliphatic heterocycles. The van der Waals surface area contributed by atoms with E-state index in [1.165, 1.54) is 18.2 Å². The van der Waals surface area contributed by atoms with Crippen LogP contribution in [0, 0.1) is 0 Å². The second-order valence-electron chi connectivity index (χ2n) is 4.12. The van der Waals surface area contributed by atoms with E-state index in [0.717, 1.165) is 5.56 Å². The van der Waals surface area contributed by atoms with Crippen LogP contribution in [0.2, 0.25) is 0 Å². The highest BCUT2D eigenvalue weighted by Gasteiger charge is 2.08. The van der Waals surface area contributed by atoms with Crippen LogP contribution in [0.15, 0.2) is 42.7 Å². The van der Waals surface area contributed by atoms with E-state index in [9.17, 15) is 15.0 Å². The van der Waals surface area contributed by atoms with Gasteiger partial charge >= 0.3 is 0 Å². The third kappa shape index (κ3) is 3.70. The Morgan fingerprint density at radius 3 is 2.63 bits per heavy atom. The smallest absolute Gasteiger partial charge is 0.224 e. The van der Waals surface area contributed by atoms with Crippen molar-refractivity contribution in [3.8, 4) is 11.5 Å². The van der Waals surface area contributed by atoms with Crippen molar-refractivity contribution in [1.29, 1.82) is 0 Å². The molecule has 0 radical (unpaired) electrons. The van der Waals surface area contributed by atoms with Gasteiger partial charge in [-0.1, -0.05) is 0 Å². The number of aromatic nitrogens is 1. The maximum Gasteiger partial charge on any atom is 0.224 e. The van der Waals surface area contributed by atoms with Gasteiger partial charge in [-0.3, -0.25) is 9.78 Å². The molecule has 1 amide bonds. The van der Waals surface area contributed by atoms with Crippen molar-refractivity contribution in [2.24, 2.45) is 0 Å². The Bertz CT molecular complexity index is 570. The number of phenols is 2. The SMILES string of the molecule is O=C(Cc1cc(O)ccc1O)NCc1ccncc1. The van der Waals surface area contributed by atoms with Gasteiger partial charge in [0.15, 0.2) is 0 Å². The minimum atomic E-state index is -0.224. The van der Waals surface area contributed by atoms with Crippen molar-refractivity contribution in [2.75, 3.05) is 0 Å². The minimum absolute atomic E-state index is 0.00291. The Morgan fingerprint density at radius 2 is 1.89 bits per heavy atom. The second kappa shape index (κ2) is 5.86. The maximum atomic E-state index is 11.7. The number of nitrogens with zero attached hydrogens (tertiary/aromatic N) is 1. The monoisotopic (exact) mass is 258 g/mol. The number of carbonyl (C=O) groups is 1. The van der Waals surface area contributed by atoms with E-state index in [1.54, 1.807) is 12.4 Å². The number of carbonyl (C=O) groups excluding carboxylic acids is 1. The van der Waals surface area contributed by atoms with Gasteiger partial charge in [0.25, 0.3) is 0 Å². The Labute approximate surface area is 110 Å². The summed E-state index contributed by atoms with van der Waals surface area (Å²) in [5.74, 6) is -0.204. The average molecular weight is 258 g/mol. The van der Waals surface area contributed by atoms with Crippen molar-refractivity contribution < 1.29 is 15.0 Å². The van der Waals surface area contributed by atoms with E-state index >= 15 is 0 Å². The first-order chi connectivity index (χ1) is 9.15. The number of phenolic OH excluding ortho intramolecular Hbond substituents is 2. The lowest BCUT2D eigenvalue weighted by atomic mass is 10.1. The Kier molecular flexibility index (Phi) is 3.97. The third-order valence-electron chi connectivity index (χ3n) is 2.65. The number of hydrogen-bond donors (Lipinski definition) is 3. The molecule has 3 N–H and O–H groups in total. The lowest BCUT2D eigenvalue weighted by Crippen LogP contribution is -2.24. The fourth-order valence-corrected chi connectivity index (χ4v) is 1.65. The first-order valence-electron chi connectivity index (χ1n) is 5.81. The van der Waals surface area contributed by atoms with Crippen molar-refractivity contribution >= 4 is 5.91 Å². The zero-order valence-corrected chi connectivity index (χ0v) is 10.2. The van der Waals surface area contributed by atoms with Crippen LogP contribution < -0.4 is 5.32 Å². The quantitative estimate of drug-likeness (QED) is 0.723. The van der Waals surface area contributed by atoms with Crippen molar-refractivity contribution in [1.82, 2.24) is 10.3 Å². The molecule has 0 saturated heterocycles. The second-order valence-corrected chi connectivity index (χ2v) is 4.12. The molecule has 1 heterocycles. The van der Waals surface area contributed by atoms with Gasteiger partial charge in [0.2, 0.25) is 5.91 Å². The highest BCUT2D eigenvalue weighted by molar-refractivity contribution is 5.79. The summed E-state index contributed by atoms with van der Waals surface area (Å²) in [4.78, 5) is 15.6. The molecule has 0 unspecified atom stereocenters. The van der Waals surface area contributed by atoms with Gasteiger partial charge in [-0.25, -0.2) is 0 Å². The molecule has 0 atom stereocenters. The van der Waals surface area contributed by atoms with Crippen LogP contribution in [0.1, 0.15) is 11.1 Å². The molecule has 19 heavy (non-hydrogen) atoms. The van der Waals surface area contributed by atoms with Crippen LogP contribution in [-0.4, -0.2) is 21.1 Å². The van der Waals surface area contributed by atoms with E-state index in [1.807, 2.05) is 12.1 Å². The molecular weight excluding hydrogens is 244 g/mol. The molecule has 2 aromatic rings. The molecule has 1 aromatic carbocycles. The summed E-state index contributed by atoms with van der Waals surface area (Å²) in [6.07, 6.45) is 3.33. The van der Waals surface area contributed by atoms with Gasteiger partial charge < -0.3 is 15.5 Å². The van der Waals surface area contributed by atoms with Crippen LogP contribution in [0.25, 0.3) is 0 Å². The predicted molar refractivity (Wildman–Crippen MR) is 69.6 cm³/mol. The third-order valence-corrected chi connectivity index (χ3v) is 2.65. The van der Waals surface area contributed by atoms with Crippen molar-refractivity contribution in [3.05, 3.63) is 53.9 Å². The van der Waals surface area contributed by atoms with Crippen LogP contribution in [0.3, 0.4) is 0 Å². The first kappa shape index (κ1) is 12.9. The van der Waals surface area contributed by atoms with Gasteiger partial charge in [-0.05, 0) is 35.9 Å². The topological polar surface area (TPSA) is 82.5 Å². The average Bonchev–Trinajstić information content (AvgIpc) is 2.42. The van der Waals surface area contributed by atoms with E-state index < -0.39 is 0 Å². The summed E-state index contributed by atoms with van der Waals surface area (Å²) in [5.41, 5.74) is 1.34. The van der Waals surface area contributed by atoms with E-state index in [-0.39, 0.29) is 23.8 Å². The van der Waals surface area contributed by atoms with E-state index in [4.69, 9.17) is 0 Å². The number of rotatable bonds is 4. The summed E-state index contributed by atoms with van der Waals surface area (Å²) in [6, 6.07) is 7.73. The number of pyridine rings is 1. The molecule has 0 aliphatic rings. The summed E-state index contributed by atoms with van der Waals surface area (Å²) < 4.78 is 0. The van der Waals surface area contributed by atoms with Gasteiger partial charge in [0.1, 0.15) is 11.5 Å². The van der Waals surface area contributed by atoms with Crippen LogP contribution in [0.4, 0.5) is 0 Å². The van der Waals surface area contributed by atoms with Gasteiger partial charge in [0, 0.05) is 24.5 Å². The lowest BCUT2D eigenvalue weighted by Gasteiger charge is -2.07. The number of benzene rings is 1. The molecule has 0 fully saturated rings. The minimum Gasteiger partial charge on any atom is -0.508 e. The highest BCUT2D eigenvalue weighted by atomic mass is 16.3. The van der Waals surface area contributed by atoms with Crippen molar-refractivity contribution in [2.45, 2.75) is 13.0 Å². The summed E-state index contributed by atoms with van der Waals surface area (Å²) in [5, 5.41) is 21.6. The Hall–Kier alpha value is -2.56. The lowest BCUT2D eigenvalue weighted by molar-refractivity contribution is -0.120. The molecule has 5 nitrogen and oxygen atoms in total. The summed E-state index contributed by atoms with van der Waals surface area (Å²) >= 11 is 0. The number of aromatic hydroxyl groups is 2. The summed E-state index contributed by atoms with van der Waals surface area (Å²) in [7, 11) is 0. The number of amides is 1. The van der Waals surface area contributed by atoms with Gasteiger partial charge in [-0.2, -0.15) is 0 Å². The first-order valence-corrected chi connectivity index (χ1v) is 5.81. The molecule has 5 heteroatoms. The van der Waals surface area contributed by atoms with Crippen LogP contribution in [0.5, 0.6) is 11.5 Å². The molecule has 0 aliphatic carbocycles. The molecular formula is C14H14N2O3. The Balaban J connectivity index is 1.93. The van der Waals surface area contributed by atoms with E-state index in [2.05, 4.69) is 10.3 Å². The predicted octanol–water partition coefficient (Wildman–Crippen LogP) is 1.35. The fraction of sp³-hybridized carbons (Fsp3) is 0.143. The zero-order valence-electron chi connectivity index (χ0n) is 10.2. The highest BCUT2D eigenvalue weighted by Crippen LogP contribution is 2.22. The molecule has 0 spiro atoms. The molecule has 2 rings (SSSR count). The number of hydrogen-bond acceptors (Lipinski definition) is 4. The fourth-order valence-electron chi connectivity index (χ4n) is 1.65. The van der Waals surface area contributed by atoms with E-state index in [0.29, 0.717) is 12.1 Å². The molecule has 98 valence electrons. The summed E-state index contributed by atoms with van der Waals surface area (Å²) in [6.45, 7) is 0.404. The maximum absolute atomic E-state index is 11.7. The van der Waals surface area contributed by atoms with Gasteiger partial charge in [0.05, 0.1) is 6.42 Å². The van der Waals surface area contributed by atoms with Gasteiger partial charge in [-0.15, -0.1) is 0 Å².